The van der Waals surface area contributed by atoms with E-state index in [1.54, 1.807) is 0 Å². The third kappa shape index (κ3) is 4.99. The lowest BCUT2D eigenvalue weighted by molar-refractivity contribution is -0.0204. The molecule has 3 atom stereocenters. The first kappa shape index (κ1) is 22.8. The number of nitrogens with zero attached hydrogens (tertiary/aromatic N) is 2. The zero-order valence-corrected chi connectivity index (χ0v) is 19.2. The number of ketones is 1. The highest BCUT2D eigenvalue weighted by Crippen LogP contribution is 2.37. The van der Waals surface area contributed by atoms with E-state index in [9.17, 15) is 14.3 Å². The number of benzene rings is 1. The van der Waals surface area contributed by atoms with Gasteiger partial charge in [-0.2, -0.15) is 0 Å². The maximum atomic E-state index is 13.3. The van der Waals surface area contributed by atoms with Crippen molar-refractivity contribution < 1.29 is 14.3 Å². The van der Waals surface area contributed by atoms with Crippen molar-refractivity contribution >= 4 is 28.3 Å². The first-order valence-electron chi connectivity index (χ1n) is 11.7. The smallest absolute Gasteiger partial charge is 0.165 e. The molecule has 0 bridgehead atoms. The molecule has 0 amide bonds. The molecule has 2 fully saturated rings. The molecular formula is C25H34ClFN2O2. The number of carbonyl (C=O) groups excluding carboxylic acids is 1. The van der Waals surface area contributed by atoms with Crippen LogP contribution in [0.1, 0.15) is 68.6 Å². The Morgan fingerprint density at radius 1 is 1.32 bits per heavy atom. The Morgan fingerprint density at radius 3 is 2.94 bits per heavy atom. The zero-order valence-electron chi connectivity index (χ0n) is 18.5. The molecule has 1 aromatic heterocycles. The Kier molecular flexibility index (Phi) is 7.04. The molecule has 2 heterocycles. The van der Waals surface area contributed by atoms with E-state index < -0.39 is 5.60 Å². The summed E-state index contributed by atoms with van der Waals surface area (Å²) in [7, 11) is 0. The van der Waals surface area contributed by atoms with E-state index in [1.165, 1.54) is 0 Å². The summed E-state index contributed by atoms with van der Waals surface area (Å²) in [4.78, 5) is 15.5. The van der Waals surface area contributed by atoms with Gasteiger partial charge in [0, 0.05) is 42.7 Å². The first-order valence-corrected chi connectivity index (χ1v) is 12.1. The Balaban J connectivity index is 1.55. The van der Waals surface area contributed by atoms with Crippen LogP contribution in [-0.2, 0) is 6.54 Å². The maximum absolute atomic E-state index is 13.3. The number of Topliss-reactive ketones (excluding diaryl/α,β-unsaturated/α-hetero) is 1. The van der Waals surface area contributed by atoms with E-state index in [4.69, 9.17) is 11.6 Å². The van der Waals surface area contributed by atoms with Crippen LogP contribution in [0, 0.1) is 5.92 Å². The van der Waals surface area contributed by atoms with Crippen molar-refractivity contribution in [2.45, 2.75) is 76.5 Å². The Morgan fingerprint density at radius 2 is 2.16 bits per heavy atom. The number of hydrogen-bond acceptors (Lipinski definition) is 3. The molecule has 1 aliphatic heterocycles. The van der Waals surface area contributed by atoms with Crippen LogP contribution in [-0.4, -0.2) is 51.8 Å². The molecule has 2 aromatic rings. The van der Waals surface area contributed by atoms with E-state index in [-0.39, 0.29) is 18.5 Å². The van der Waals surface area contributed by atoms with Gasteiger partial charge in [-0.25, -0.2) is 4.39 Å². The minimum Gasteiger partial charge on any atom is -0.390 e. The fourth-order valence-electron chi connectivity index (χ4n) is 5.74. The third-order valence-electron chi connectivity index (χ3n) is 7.32. The standard InChI is InChI=1S/C25H34ClFN2O2/c1-18-5-3-10-25(31,15-18)11-9-23(30)20-17-29(22-8-2-7-21(26)24(20)22)16-19-6-4-13-28(19)14-12-27/h2,7-8,17-19,31H,3-6,9-16H2,1H3. The van der Waals surface area contributed by atoms with Crippen molar-refractivity contribution in [2.75, 3.05) is 19.8 Å². The average Bonchev–Trinajstić information content (AvgIpc) is 3.32. The van der Waals surface area contributed by atoms with Gasteiger partial charge >= 0.3 is 0 Å². The highest BCUT2D eigenvalue weighted by Gasteiger charge is 2.33. The molecule has 0 radical (unpaired) electrons. The number of alkyl halides is 1. The van der Waals surface area contributed by atoms with Gasteiger partial charge in [0.15, 0.2) is 5.78 Å². The third-order valence-corrected chi connectivity index (χ3v) is 7.63. The molecular weight excluding hydrogens is 415 g/mol. The van der Waals surface area contributed by atoms with Crippen LogP contribution in [0.15, 0.2) is 24.4 Å². The van der Waals surface area contributed by atoms with Gasteiger partial charge in [-0.05, 0) is 56.7 Å². The molecule has 31 heavy (non-hydrogen) atoms. The summed E-state index contributed by atoms with van der Waals surface area (Å²) >= 11 is 6.54. The van der Waals surface area contributed by atoms with E-state index in [0.29, 0.717) is 35.9 Å². The number of aliphatic hydroxyl groups is 1. The summed E-state index contributed by atoms with van der Waals surface area (Å²) in [6.07, 6.45) is 8.59. The maximum Gasteiger partial charge on any atom is 0.165 e. The molecule has 1 N–H and O–H groups in total. The Bertz CT molecular complexity index is 930. The summed E-state index contributed by atoms with van der Waals surface area (Å²) in [5, 5.41) is 12.3. The van der Waals surface area contributed by atoms with E-state index >= 15 is 0 Å². The van der Waals surface area contributed by atoms with Crippen LogP contribution >= 0.6 is 11.6 Å². The summed E-state index contributed by atoms with van der Waals surface area (Å²) in [5.41, 5.74) is 0.864. The quantitative estimate of drug-likeness (QED) is 0.532. The van der Waals surface area contributed by atoms with Gasteiger partial charge in [-0.1, -0.05) is 37.4 Å². The Hall–Kier alpha value is -1.43. The fourth-order valence-corrected chi connectivity index (χ4v) is 6.01. The van der Waals surface area contributed by atoms with Gasteiger partial charge < -0.3 is 9.67 Å². The lowest BCUT2D eigenvalue weighted by Gasteiger charge is -2.35. The van der Waals surface area contributed by atoms with Crippen LogP contribution in [0.5, 0.6) is 0 Å². The molecule has 2 aliphatic rings. The fraction of sp³-hybridized carbons (Fsp3) is 0.640. The summed E-state index contributed by atoms with van der Waals surface area (Å²) in [6.45, 7) is 3.96. The minimum atomic E-state index is -0.730. The molecule has 0 spiro atoms. The van der Waals surface area contributed by atoms with Crippen molar-refractivity contribution in [3.05, 3.63) is 35.0 Å². The predicted molar refractivity (Wildman–Crippen MR) is 124 cm³/mol. The van der Waals surface area contributed by atoms with Crippen LogP contribution < -0.4 is 0 Å². The summed E-state index contributed by atoms with van der Waals surface area (Å²) < 4.78 is 15.1. The lowest BCUT2D eigenvalue weighted by atomic mass is 9.76. The lowest BCUT2D eigenvalue weighted by Crippen LogP contribution is -2.35. The molecule has 1 saturated carbocycles. The van der Waals surface area contributed by atoms with Gasteiger partial charge in [0.2, 0.25) is 0 Å². The number of aromatic nitrogens is 1. The number of likely N-dealkylation sites (tertiary alicyclic amines) is 1. The largest absolute Gasteiger partial charge is 0.390 e. The van der Waals surface area contributed by atoms with Crippen molar-refractivity contribution in [1.29, 1.82) is 0 Å². The SMILES string of the molecule is CC1CCCC(O)(CCC(=O)c2cn(CC3CCCN3CCF)c3cccc(Cl)c23)C1. The molecule has 6 heteroatoms. The van der Waals surface area contributed by atoms with Crippen molar-refractivity contribution in [2.24, 2.45) is 5.92 Å². The van der Waals surface area contributed by atoms with Gasteiger partial charge in [0.1, 0.15) is 6.67 Å². The number of fused-ring (bicyclic) bond motifs is 1. The number of halogens is 2. The Labute approximate surface area is 189 Å². The summed E-state index contributed by atoms with van der Waals surface area (Å²) in [6, 6.07) is 6.02. The molecule has 1 saturated heterocycles. The highest BCUT2D eigenvalue weighted by molar-refractivity contribution is 6.37. The molecule has 3 unspecified atom stereocenters. The number of carbonyl (C=O) groups is 1. The van der Waals surface area contributed by atoms with Gasteiger partial charge in [-0.15, -0.1) is 0 Å². The minimum absolute atomic E-state index is 0.0375. The van der Waals surface area contributed by atoms with Crippen molar-refractivity contribution in [3.63, 3.8) is 0 Å². The predicted octanol–water partition coefficient (Wildman–Crippen LogP) is 5.63. The van der Waals surface area contributed by atoms with Gasteiger partial charge in [-0.3, -0.25) is 9.69 Å². The van der Waals surface area contributed by atoms with Gasteiger partial charge in [0.05, 0.1) is 16.1 Å². The zero-order chi connectivity index (χ0) is 22.0. The van der Waals surface area contributed by atoms with E-state index in [1.807, 2.05) is 24.4 Å². The van der Waals surface area contributed by atoms with Crippen LogP contribution in [0.4, 0.5) is 4.39 Å². The normalized spacial score (nSPS) is 27.2. The van der Waals surface area contributed by atoms with Crippen LogP contribution in [0.25, 0.3) is 10.9 Å². The van der Waals surface area contributed by atoms with Gasteiger partial charge in [0.25, 0.3) is 0 Å². The average molecular weight is 449 g/mol. The molecule has 1 aliphatic carbocycles. The van der Waals surface area contributed by atoms with Crippen LogP contribution in [0.3, 0.4) is 0 Å². The van der Waals surface area contributed by atoms with Crippen molar-refractivity contribution in [3.8, 4) is 0 Å². The summed E-state index contributed by atoms with van der Waals surface area (Å²) in [5.74, 6) is 0.541. The number of hydrogen-bond donors (Lipinski definition) is 1. The number of rotatable bonds is 8. The second kappa shape index (κ2) is 9.60. The van der Waals surface area contributed by atoms with E-state index in [0.717, 1.165) is 62.5 Å². The second-order valence-corrected chi connectivity index (χ2v) is 10.1. The molecule has 4 rings (SSSR count). The monoisotopic (exact) mass is 448 g/mol. The van der Waals surface area contributed by atoms with Crippen LogP contribution in [0.2, 0.25) is 5.02 Å². The first-order chi connectivity index (χ1) is 14.9. The van der Waals surface area contributed by atoms with E-state index in [2.05, 4.69) is 16.4 Å². The topological polar surface area (TPSA) is 45.5 Å². The highest BCUT2D eigenvalue weighted by atomic mass is 35.5. The molecule has 4 nitrogen and oxygen atoms in total. The van der Waals surface area contributed by atoms with Crippen molar-refractivity contribution in [1.82, 2.24) is 9.47 Å². The molecule has 1 aromatic carbocycles. The second-order valence-electron chi connectivity index (χ2n) is 9.70. The molecule has 170 valence electrons.